The van der Waals surface area contributed by atoms with E-state index in [0.717, 1.165) is 0 Å². The maximum Gasteiger partial charge on any atom is 0.422 e. The number of benzene rings is 1. The molecule has 1 rings (SSSR count). The van der Waals surface area contributed by atoms with Crippen molar-refractivity contribution < 1.29 is 27.8 Å². The number of nitrogens with zero attached hydrogens (tertiary/aromatic N) is 1. The Kier molecular flexibility index (Phi) is 6.29. The molecule has 0 unspecified atom stereocenters. The number of hydrogen-bond acceptors (Lipinski definition) is 3. The highest BCUT2D eigenvalue weighted by Crippen LogP contribution is 2.22. The lowest BCUT2D eigenvalue weighted by molar-refractivity contribution is -0.153. The first-order valence-corrected chi connectivity index (χ1v) is 6.21. The third-order valence-corrected chi connectivity index (χ3v) is 2.58. The van der Waals surface area contributed by atoms with Crippen molar-refractivity contribution in [3.63, 3.8) is 0 Å². The van der Waals surface area contributed by atoms with Crippen LogP contribution in [0.2, 0.25) is 0 Å². The minimum absolute atomic E-state index is 0.0304. The van der Waals surface area contributed by atoms with Crippen molar-refractivity contribution in [2.45, 2.75) is 12.7 Å². The molecule has 5 nitrogen and oxygen atoms in total. The summed E-state index contributed by atoms with van der Waals surface area (Å²) in [5.41, 5.74) is 0.437. The van der Waals surface area contributed by atoms with Crippen LogP contribution >= 0.6 is 0 Å². The molecule has 0 radical (unpaired) electrons. The van der Waals surface area contributed by atoms with Crippen molar-refractivity contribution in [3.05, 3.63) is 29.8 Å². The topological polar surface area (TPSA) is 61.8 Å². The number of ether oxygens (including phenoxy) is 1. The van der Waals surface area contributed by atoms with Gasteiger partial charge < -0.3 is 20.1 Å². The monoisotopic (exact) mass is 306 g/mol. The van der Waals surface area contributed by atoms with Crippen LogP contribution in [0, 0.1) is 0 Å². The van der Waals surface area contributed by atoms with E-state index in [1.165, 1.54) is 18.0 Å². The minimum Gasteiger partial charge on any atom is -0.484 e. The molecule has 0 aromatic heterocycles. The van der Waals surface area contributed by atoms with Gasteiger partial charge in [0.05, 0.1) is 6.61 Å². The molecule has 0 spiro atoms. The molecule has 0 aliphatic rings. The zero-order chi connectivity index (χ0) is 15.9. The highest BCUT2D eigenvalue weighted by atomic mass is 19.4. The molecule has 0 saturated heterocycles. The summed E-state index contributed by atoms with van der Waals surface area (Å²) in [6.07, 6.45) is -4.42. The molecule has 0 heterocycles. The number of aliphatic hydroxyl groups is 1. The van der Waals surface area contributed by atoms with Gasteiger partial charge in [-0.2, -0.15) is 13.2 Å². The maximum atomic E-state index is 12.2. The third kappa shape index (κ3) is 6.35. The van der Waals surface area contributed by atoms with Gasteiger partial charge in [-0.1, -0.05) is 18.2 Å². The number of halogens is 3. The molecule has 2 amide bonds. The van der Waals surface area contributed by atoms with Crippen molar-refractivity contribution >= 4 is 6.03 Å². The standard InChI is InChI=1S/C13H17F3N2O3/c1-18(6-7-19)12(20)17-8-10-4-2-3-5-11(10)21-9-13(14,15)16/h2-5,19H,6-9H2,1H3,(H,17,20). The lowest BCUT2D eigenvalue weighted by Gasteiger charge is -2.18. The van der Waals surface area contributed by atoms with Crippen LogP contribution in [0.4, 0.5) is 18.0 Å². The molecular weight excluding hydrogens is 289 g/mol. The SMILES string of the molecule is CN(CCO)C(=O)NCc1ccccc1OCC(F)(F)F. The van der Waals surface area contributed by atoms with Crippen LogP contribution in [0.1, 0.15) is 5.56 Å². The van der Waals surface area contributed by atoms with Gasteiger partial charge in [0.25, 0.3) is 0 Å². The molecular formula is C13H17F3N2O3. The number of urea groups is 1. The highest BCUT2D eigenvalue weighted by Gasteiger charge is 2.28. The smallest absolute Gasteiger partial charge is 0.422 e. The third-order valence-electron chi connectivity index (χ3n) is 2.58. The number of likely N-dealkylation sites (N-methyl/N-ethyl adjacent to an activating group) is 1. The second-order valence-corrected chi connectivity index (χ2v) is 4.32. The van der Waals surface area contributed by atoms with E-state index in [4.69, 9.17) is 9.84 Å². The molecule has 118 valence electrons. The van der Waals surface area contributed by atoms with E-state index in [2.05, 4.69) is 5.32 Å². The molecule has 21 heavy (non-hydrogen) atoms. The molecule has 0 aliphatic carbocycles. The molecule has 0 atom stereocenters. The number of para-hydroxylation sites is 1. The summed E-state index contributed by atoms with van der Waals surface area (Å²) in [5.74, 6) is 0.0694. The lowest BCUT2D eigenvalue weighted by atomic mass is 10.2. The van der Waals surface area contributed by atoms with Gasteiger partial charge in [-0.25, -0.2) is 4.79 Å². The number of nitrogens with one attached hydrogen (secondary N) is 1. The Hall–Kier alpha value is -1.96. The Morgan fingerprint density at radius 2 is 2.05 bits per heavy atom. The maximum absolute atomic E-state index is 12.2. The summed E-state index contributed by atoms with van der Waals surface area (Å²) in [4.78, 5) is 12.9. The van der Waals surface area contributed by atoms with Gasteiger partial charge in [0, 0.05) is 25.7 Å². The Labute approximate surface area is 120 Å². The Balaban J connectivity index is 2.61. The average molecular weight is 306 g/mol. The predicted molar refractivity (Wildman–Crippen MR) is 69.9 cm³/mol. The number of alkyl halides is 3. The predicted octanol–water partition coefficient (Wildman–Crippen LogP) is 1.76. The van der Waals surface area contributed by atoms with E-state index >= 15 is 0 Å². The number of rotatable bonds is 6. The van der Waals surface area contributed by atoms with Crippen LogP contribution in [0.25, 0.3) is 0 Å². The first-order valence-electron chi connectivity index (χ1n) is 6.21. The van der Waals surface area contributed by atoms with E-state index in [9.17, 15) is 18.0 Å². The molecule has 0 aliphatic heterocycles. The van der Waals surface area contributed by atoms with Gasteiger partial charge in [-0.15, -0.1) is 0 Å². The fourth-order valence-electron chi connectivity index (χ4n) is 1.51. The first kappa shape index (κ1) is 17.1. The molecule has 0 fully saturated rings. The Morgan fingerprint density at radius 3 is 2.67 bits per heavy atom. The van der Waals surface area contributed by atoms with Crippen LogP contribution in [0.15, 0.2) is 24.3 Å². The van der Waals surface area contributed by atoms with E-state index in [-0.39, 0.29) is 25.4 Å². The van der Waals surface area contributed by atoms with Crippen molar-refractivity contribution in [3.8, 4) is 5.75 Å². The van der Waals surface area contributed by atoms with E-state index in [1.807, 2.05) is 0 Å². The van der Waals surface area contributed by atoms with Crippen LogP contribution in [0.3, 0.4) is 0 Å². The van der Waals surface area contributed by atoms with Crippen molar-refractivity contribution in [1.29, 1.82) is 0 Å². The lowest BCUT2D eigenvalue weighted by Crippen LogP contribution is -2.38. The minimum atomic E-state index is -4.42. The number of carbonyl (C=O) groups excluding carboxylic acids is 1. The largest absolute Gasteiger partial charge is 0.484 e. The van der Waals surface area contributed by atoms with Gasteiger partial charge in [0.2, 0.25) is 0 Å². The van der Waals surface area contributed by atoms with Gasteiger partial charge in [0.1, 0.15) is 5.75 Å². The molecule has 1 aromatic rings. The molecule has 0 saturated carbocycles. The summed E-state index contributed by atoms with van der Waals surface area (Å²) < 4.78 is 41.2. The summed E-state index contributed by atoms with van der Waals surface area (Å²) >= 11 is 0. The van der Waals surface area contributed by atoms with E-state index in [1.54, 1.807) is 18.2 Å². The first-order chi connectivity index (χ1) is 9.83. The molecule has 2 N–H and O–H groups in total. The fourth-order valence-corrected chi connectivity index (χ4v) is 1.51. The van der Waals surface area contributed by atoms with Crippen molar-refractivity contribution in [1.82, 2.24) is 10.2 Å². The summed E-state index contributed by atoms with van der Waals surface area (Å²) in [6, 6.07) is 5.73. The fraction of sp³-hybridized carbons (Fsp3) is 0.462. The molecule has 1 aromatic carbocycles. The highest BCUT2D eigenvalue weighted by molar-refractivity contribution is 5.73. The quantitative estimate of drug-likeness (QED) is 0.842. The normalized spacial score (nSPS) is 11.1. The van der Waals surface area contributed by atoms with Gasteiger partial charge >= 0.3 is 12.2 Å². The zero-order valence-electron chi connectivity index (χ0n) is 11.5. The summed E-state index contributed by atoms with van der Waals surface area (Å²) in [5, 5.41) is 11.2. The number of hydrogen-bond donors (Lipinski definition) is 2. The van der Waals surface area contributed by atoms with Gasteiger partial charge in [-0.3, -0.25) is 0 Å². The van der Waals surface area contributed by atoms with Gasteiger partial charge in [0.15, 0.2) is 6.61 Å². The molecule has 0 bridgehead atoms. The summed E-state index contributed by atoms with van der Waals surface area (Å²) in [6.45, 7) is -1.36. The van der Waals surface area contributed by atoms with Crippen molar-refractivity contribution in [2.75, 3.05) is 26.8 Å². The van der Waals surface area contributed by atoms with Crippen LogP contribution in [0.5, 0.6) is 5.75 Å². The van der Waals surface area contributed by atoms with Crippen LogP contribution in [-0.2, 0) is 6.54 Å². The van der Waals surface area contributed by atoms with Gasteiger partial charge in [-0.05, 0) is 6.07 Å². The van der Waals surface area contributed by atoms with Crippen molar-refractivity contribution in [2.24, 2.45) is 0 Å². The van der Waals surface area contributed by atoms with Crippen LogP contribution in [-0.4, -0.2) is 49.0 Å². The number of aliphatic hydroxyl groups excluding tert-OH is 1. The van der Waals surface area contributed by atoms with E-state index in [0.29, 0.717) is 5.56 Å². The zero-order valence-corrected chi connectivity index (χ0v) is 11.5. The average Bonchev–Trinajstić information content (AvgIpc) is 2.42. The summed E-state index contributed by atoms with van der Waals surface area (Å²) in [7, 11) is 1.50. The van der Waals surface area contributed by atoms with E-state index < -0.39 is 18.8 Å². The Bertz CT molecular complexity index is 466. The van der Waals surface area contributed by atoms with Crippen LogP contribution < -0.4 is 10.1 Å². The molecule has 8 heteroatoms. The number of carbonyl (C=O) groups is 1. The second kappa shape index (κ2) is 7.72. The number of amides is 2. The second-order valence-electron chi connectivity index (χ2n) is 4.32. The Morgan fingerprint density at radius 1 is 1.38 bits per heavy atom.